The van der Waals surface area contributed by atoms with Gasteiger partial charge < -0.3 is 73.7 Å². The number of rotatable bonds is 9. The Kier molecular flexibility index (Phi) is 9.80. The molecule has 0 amide bonds. The van der Waals surface area contributed by atoms with Gasteiger partial charge in [0.1, 0.15) is 71.8 Å². The molecule has 0 aliphatic carbocycles. The number of methoxy groups -OCH3 is 2. The molecule has 2 aliphatic heterocycles. The molecule has 45 heavy (non-hydrogen) atoms. The van der Waals surface area contributed by atoms with Gasteiger partial charge in [-0.3, -0.25) is 4.79 Å². The summed E-state index contributed by atoms with van der Waals surface area (Å²) in [6, 6.07) is 7.32. The normalized spacial score (nSPS) is 31.9. The lowest BCUT2D eigenvalue weighted by atomic mass is 9.98. The van der Waals surface area contributed by atoms with Crippen LogP contribution in [-0.2, 0) is 14.2 Å². The fourth-order valence-electron chi connectivity index (χ4n) is 5.17. The third-order valence-corrected chi connectivity index (χ3v) is 7.74. The van der Waals surface area contributed by atoms with Gasteiger partial charge in [-0.05, 0) is 17.7 Å². The Morgan fingerprint density at radius 2 is 1.42 bits per heavy atom. The van der Waals surface area contributed by atoms with Gasteiger partial charge in [-0.2, -0.15) is 0 Å². The van der Waals surface area contributed by atoms with Crippen LogP contribution in [0.2, 0.25) is 0 Å². The van der Waals surface area contributed by atoms with E-state index >= 15 is 0 Å². The van der Waals surface area contributed by atoms with Crippen LogP contribution in [0.25, 0.3) is 22.1 Å². The van der Waals surface area contributed by atoms with Gasteiger partial charge in [0.15, 0.2) is 17.8 Å². The predicted octanol–water partition coefficient (Wildman–Crippen LogP) is -1.81. The lowest BCUT2D eigenvalue weighted by Crippen LogP contribution is -2.62. The van der Waals surface area contributed by atoms with E-state index in [1.807, 2.05) is 0 Å². The standard InChI is InChI=1S/C29H34O16/c1-39-15-7-14-18(22(34)27(15)40-2)19(31)13(9-41-14)11-3-5-12(6-4-11)43-29-26(38)24(36)21(33)17(45-29)10-42-28-25(37)23(35)20(32)16(8-30)44-28/h3-7,9,16-17,20-21,23-26,28-30,32-38H,8,10H2,1-2H3/t16-,17+,20-,21+,23+,24-,25+,26-,28-,29+/m1/s1. The van der Waals surface area contributed by atoms with Gasteiger partial charge in [-0.1, -0.05) is 12.1 Å². The molecule has 0 unspecified atom stereocenters. The quantitative estimate of drug-likeness (QED) is 0.129. The molecule has 3 heterocycles. The zero-order chi connectivity index (χ0) is 32.6. The Morgan fingerprint density at radius 1 is 0.800 bits per heavy atom. The van der Waals surface area contributed by atoms with E-state index in [1.165, 1.54) is 50.8 Å². The molecule has 2 fully saturated rings. The maximum Gasteiger partial charge on any atom is 0.229 e. The zero-order valence-corrected chi connectivity index (χ0v) is 24.0. The van der Waals surface area contributed by atoms with E-state index in [0.717, 1.165) is 0 Å². The molecule has 2 aliphatic rings. The Labute approximate surface area is 254 Å². The van der Waals surface area contributed by atoms with Crippen molar-refractivity contribution < 1.29 is 73.7 Å². The summed E-state index contributed by atoms with van der Waals surface area (Å²) in [4.78, 5) is 13.3. The molecular formula is C29H34O16. The summed E-state index contributed by atoms with van der Waals surface area (Å²) >= 11 is 0. The number of aromatic hydroxyl groups is 1. The summed E-state index contributed by atoms with van der Waals surface area (Å²) in [7, 11) is 2.69. The van der Waals surface area contributed by atoms with E-state index in [-0.39, 0.29) is 33.8 Å². The number of aliphatic hydroxyl groups excluding tert-OH is 7. The SMILES string of the molecule is COc1cc2occ(-c3ccc(O[C@H]4O[C@@H](CO[C@@H]5O[C@H](CO)[C@@H](O)[C@H](O)[C@@H]5O)[C@H](O)[C@@H](O)[C@H]4O)cc3)c(=O)c2c(O)c1OC. The first kappa shape index (κ1) is 32.8. The summed E-state index contributed by atoms with van der Waals surface area (Å²) in [5.41, 5.74) is 0.0231. The molecule has 246 valence electrons. The number of phenolic OH excluding ortho intramolecular Hbond substituents is 1. The second kappa shape index (κ2) is 13.4. The predicted molar refractivity (Wildman–Crippen MR) is 150 cm³/mol. The highest BCUT2D eigenvalue weighted by Gasteiger charge is 2.47. The van der Waals surface area contributed by atoms with Crippen LogP contribution < -0.4 is 19.6 Å². The highest BCUT2D eigenvalue weighted by molar-refractivity contribution is 5.91. The number of fused-ring (bicyclic) bond motifs is 1. The number of hydrogen-bond donors (Lipinski definition) is 8. The van der Waals surface area contributed by atoms with Gasteiger partial charge in [-0.15, -0.1) is 0 Å². The lowest BCUT2D eigenvalue weighted by Gasteiger charge is -2.42. The molecule has 10 atom stereocenters. The molecule has 0 radical (unpaired) electrons. The first-order valence-electron chi connectivity index (χ1n) is 13.8. The Balaban J connectivity index is 1.30. The molecule has 8 N–H and O–H groups in total. The summed E-state index contributed by atoms with van der Waals surface area (Å²) in [5, 5.41) is 81.4. The second-order valence-corrected chi connectivity index (χ2v) is 10.5. The minimum atomic E-state index is -1.74. The van der Waals surface area contributed by atoms with Crippen LogP contribution in [0.5, 0.6) is 23.0 Å². The maximum atomic E-state index is 13.3. The van der Waals surface area contributed by atoms with Crippen molar-refractivity contribution in [3.63, 3.8) is 0 Å². The average molecular weight is 639 g/mol. The molecule has 5 rings (SSSR count). The average Bonchev–Trinajstić information content (AvgIpc) is 3.04. The first-order valence-corrected chi connectivity index (χ1v) is 13.8. The second-order valence-electron chi connectivity index (χ2n) is 10.5. The van der Waals surface area contributed by atoms with Crippen molar-refractivity contribution in [3.8, 4) is 34.1 Å². The molecule has 0 bridgehead atoms. The van der Waals surface area contributed by atoms with Crippen LogP contribution in [0, 0.1) is 0 Å². The van der Waals surface area contributed by atoms with Crippen LogP contribution in [0.15, 0.2) is 45.8 Å². The van der Waals surface area contributed by atoms with Crippen LogP contribution in [0.4, 0.5) is 0 Å². The van der Waals surface area contributed by atoms with Gasteiger partial charge in [-0.25, -0.2) is 0 Å². The Bertz CT molecular complexity index is 1520. The number of benzene rings is 2. The number of hydrogen-bond acceptors (Lipinski definition) is 16. The van der Waals surface area contributed by atoms with Crippen LogP contribution in [-0.4, -0.2) is 130 Å². The largest absolute Gasteiger partial charge is 0.504 e. The smallest absolute Gasteiger partial charge is 0.229 e. The molecule has 1 aromatic heterocycles. The summed E-state index contributed by atoms with van der Waals surface area (Å²) in [5.74, 6) is -0.170. The molecule has 2 aromatic carbocycles. The summed E-state index contributed by atoms with van der Waals surface area (Å²) < 4.78 is 38.0. The molecule has 16 nitrogen and oxygen atoms in total. The monoisotopic (exact) mass is 638 g/mol. The topological polar surface area (TPSA) is 247 Å². The minimum Gasteiger partial charge on any atom is -0.504 e. The summed E-state index contributed by atoms with van der Waals surface area (Å²) in [6.45, 7) is -1.20. The number of ether oxygens (including phenoxy) is 6. The fourth-order valence-corrected chi connectivity index (χ4v) is 5.17. The van der Waals surface area contributed by atoms with Gasteiger partial charge in [0.05, 0.1) is 33.0 Å². The van der Waals surface area contributed by atoms with Crippen molar-refractivity contribution in [1.82, 2.24) is 0 Å². The van der Waals surface area contributed by atoms with Gasteiger partial charge in [0.2, 0.25) is 17.5 Å². The Morgan fingerprint density at radius 3 is 2.04 bits per heavy atom. The van der Waals surface area contributed by atoms with Crippen molar-refractivity contribution in [2.24, 2.45) is 0 Å². The van der Waals surface area contributed by atoms with E-state index in [9.17, 15) is 45.6 Å². The first-order chi connectivity index (χ1) is 21.5. The van der Waals surface area contributed by atoms with Crippen molar-refractivity contribution in [2.45, 2.75) is 61.4 Å². The van der Waals surface area contributed by atoms with Crippen LogP contribution >= 0.6 is 0 Å². The minimum absolute atomic E-state index is 0.0339. The molecular weight excluding hydrogens is 604 g/mol. The Hall–Kier alpha value is -3.55. The molecule has 0 saturated carbocycles. The van der Waals surface area contributed by atoms with Crippen LogP contribution in [0.1, 0.15) is 0 Å². The molecule has 16 heteroatoms. The van der Waals surface area contributed by atoms with E-state index in [2.05, 4.69) is 0 Å². The van der Waals surface area contributed by atoms with E-state index in [0.29, 0.717) is 5.56 Å². The highest BCUT2D eigenvalue weighted by Crippen LogP contribution is 2.42. The van der Waals surface area contributed by atoms with Gasteiger partial charge in [0.25, 0.3) is 0 Å². The third kappa shape index (κ3) is 6.17. The van der Waals surface area contributed by atoms with E-state index in [4.69, 9.17) is 32.8 Å². The van der Waals surface area contributed by atoms with Gasteiger partial charge in [0, 0.05) is 6.07 Å². The van der Waals surface area contributed by atoms with Gasteiger partial charge >= 0.3 is 0 Å². The van der Waals surface area contributed by atoms with E-state index < -0.39 is 85.8 Å². The lowest BCUT2D eigenvalue weighted by molar-refractivity contribution is -0.323. The molecule has 0 spiro atoms. The number of aliphatic hydroxyl groups is 7. The van der Waals surface area contributed by atoms with Crippen molar-refractivity contribution in [2.75, 3.05) is 27.4 Å². The highest BCUT2D eigenvalue weighted by atomic mass is 16.7. The summed E-state index contributed by atoms with van der Waals surface area (Å²) in [6.07, 6.45) is -14.5. The fraction of sp³-hybridized carbons (Fsp3) is 0.483. The number of phenols is 1. The zero-order valence-electron chi connectivity index (χ0n) is 24.0. The van der Waals surface area contributed by atoms with Crippen LogP contribution in [0.3, 0.4) is 0 Å². The maximum absolute atomic E-state index is 13.3. The molecule has 3 aromatic rings. The van der Waals surface area contributed by atoms with Crippen molar-refractivity contribution in [3.05, 3.63) is 46.8 Å². The third-order valence-electron chi connectivity index (χ3n) is 7.74. The van der Waals surface area contributed by atoms with Crippen molar-refractivity contribution in [1.29, 1.82) is 0 Å². The van der Waals surface area contributed by atoms with Crippen molar-refractivity contribution >= 4 is 11.0 Å². The van der Waals surface area contributed by atoms with E-state index in [1.54, 1.807) is 0 Å². The molecule has 2 saturated heterocycles.